The Morgan fingerprint density at radius 2 is 1.85 bits per heavy atom. The third-order valence-corrected chi connectivity index (χ3v) is 6.85. The number of nitrogens with zero attached hydrogens (tertiary/aromatic N) is 6. The predicted molar refractivity (Wildman–Crippen MR) is 140 cm³/mol. The van der Waals surface area contributed by atoms with E-state index in [0.717, 1.165) is 22.1 Å². The molecule has 4 aromatic rings. The Morgan fingerprint density at radius 1 is 1.12 bits per heavy atom. The van der Waals surface area contributed by atoms with E-state index in [-0.39, 0.29) is 40.4 Å². The van der Waals surface area contributed by atoms with Crippen LogP contribution in [0.25, 0.3) is 17.1 Å². The number of amides is 1. The monoisotopic (exact) mass is 595 g/mol. The van der Waals surface area contributed by atoms with Crippen molar-refractivity contribution < 1.29 is 23.1 Å². The average molecular weight is 596 g/mol. The zero-order valence-corrected chi connectivity index (χ0v) is 22.2. The van der Waals surface area contributed by atoms with Crippen LogP contribution in [0.3, 0.4) is 0 Å². The third kappa shape index (κ3) is 6.06. The molecule has 2 aromatic heterocycles. The lowest BCUT2D eigenvalue weighted by Crippen LogP contribution is -2.37. The fraction of sp³-hybridized carbons (Fsp3) is 0.320. The molecule has 0 spiro atoms. The first-order valence-corrected chi connectivity index (χ1v) is 12.9. The van der Waals surface area contributed by atoms with E-state index in [0.29, 0.717) is 23.0 Å². The molecule has 5 rings (SSSR count). The molecule has 0 saturated heterocycles. The molecule has 1 aliphatic carbocycles. The quantitative estimate of drug-likeness (QED) is 0.304. The Bertz CT molecular complexity index is 1590. The normalized spacial score (nSPS) is 14.3. The molecule has 0 bridgehead atoms. The second-order valence-corrected chi connectivity index (χ2v) is 10.2. The lowest BCUT2D eigenvalue weighted by molar-refractivity contribution is -0.207. The van der Waals surface area contributed by atoms with Gasteiger partial charge in [0.15, 0.2) is 17.8 Å². The lowest BCUT2D eigenvalue weighted by atomic mass is 10.1. The summed E-state index contributed by atoms with van der Waals surface area (Å²) in [4.78, 5) is 30.1. The van der Waals surface area contributed by atoms with Crippen LogP contribution in [0.2, 0.25) is 10.0 Å². The molecule has 2 N–H and O–H groups in total. The van der Waals surface area contributed by atoms with Crippen molar-refractivity contribution in [3.63, 3.8) is 0 Å². The number of aromatic nitrogens is 6. The molecule has 15 heteroatoms. The number of aliphatic hydroxyl groups excluding tert-OH is 1. The number of carbonyl (C=O) groups excluding carboxylic acids is 1. The van der Waals surface area contributed by atoms with Crippen LogP contribution in [-0.2, 0) is 13.1 Å². The number of halogens is 5. The maximum atomic E-state index is 13.1. The fourth-order valence-electron chi connectivity index (χ4n) is 3.99. The smallest absolute Gasteiger partial charge is 0.382 e. The van der Waals surface area contributed by atoms with Gasteiger partial charge in [0.05, 0.1) is 22.8 Å². The second-order valence-electron chi connectivity index (χ2n) is 9.33. The summed E-state index contributed by atoms with van der Waals surface area (Å²) in [6, 6.07) is 10.8. The Balaban J connectivity index is 1.46. The minimum atomic E-state index is -4.95. The molecule has 1 saturated carbocycles. The number of para-hydroxylation sites is 1. The van der Waals surface area contributed by atoms with E-state index >= 15 is 0 Å². The van der Waals surface area contributed by atoms with Gasteiger partial charge in [0.25, 0.3) is 5.91 Å². The van der Waals surface area contributed by atoms with Gasteiger partial charge in [-0.25, -0.2) is 19.1 Å². The number of aliphatic hydroxyl groups is 1. The summed E-state index contributed by atoms with van der Waals surface area (Å²) in [7, 11) is 0. The third-order valence-electron chi connectivity index (χ3n) is 6.30. The zero-order chi connectivity index (χ0) is 28.6. The van der Waals surface area contributed by atoms with Crippen molar-refractivity contribution in [3.8, 4) is 17.1 Å². The van der Waals surface area contributed by atoms with Crippen molar-refractivity contribution in [2.24, 2.45) is 5.92 Å². The van der Waals surface area contributed by atoms with Gasteiger partial charge < -0.3 is 10.4 Å². The van der Waals surface area contributed by atoms with Crippen LogP contribution in [0.15, 0.2) is 53.6 Å². The van der Waals surface area contributed by atoms with Crippen molar-refractivity contribution in [2.75, 3.05) is 6.54 Å². The van der Waals surface area contributed by atoms with E-state index in [4.69, 9.17) is 23.2 Å². The van der Waals surface area contributed by atoms with Crippen LogP contribution < -0.4 is 11.0 Å². The van der Waals surface area contributed by atoms with Crippen LogP contribution in [0.1, 0.15) is 29.0 Å². The maximum absolute atomic E-state index is 13.1. The van der Waals surface area contributed by atoms with Crippen LogP contribution >= 0.6 is 23.2 Å². The van der Waals surface area contributed by atoms with Gasteiger partial charge in [-0.1, -0.05) is 29.3 Å². The lowest BCUT2D eigenvalue weighted by Gasteiger charge is -2.15. The van der Waals surface area contributed by atoms with Crippen LogP contribution in [0.4, 0.5) is 13.2 Å². The molecule has 1 atom stereocenters. The molecule has 40 heavy (non-hydrogen) atoms. The number of carbonyl (C=O) groups is 1. The molecule has 2 aromatic carbocycles. The standard InChI is InChI=1S/C25H22Cl2F3N7O3/c26-16-8-6-15(7-9-16)22-34-36(24(40)35(22)11-19(38)25(28,29)30)12-20-32-13-37(33-20)21-17(2-1-3-18(21)27)23(39)31-10-14-4-5-14/h1-3,6-9,13-14,19,38H,4-5,10-12H2,(H,31,39). The van der Waals surface area contributed by atoms with Gasteiger partial charge in [-0.2, -0.15) is 13.2 Å². The molecule has 1 aliphatic rings. The number of nitrogens with one attached hydrogen (secondary N) is 1. The average Bonchev–Trinajstić information content (AvgIpc) is 3.56. The molecular weight excluding hydrogens is 574 g/mol. The number of rotatable bonds is 9. The van der Waals surface area contributed by atoms with Gasteiger partial charge in [-0.15, -0.1) is 10.2 Å². The zero-order valence-electron chi connectivity index (χ0n) is 20.6. The molecular formula is C25H22Cl2F3N7O3. The highest BCUT2D eigenvalue weighted by atomic mass is 35.5. The van der Waals surface area contributed by atoms with E-state index < -0.39 is 24.5 Å². The van der Waals surface area contributed by atoms with E-state index in [1.807, 2.05) is 0 Å². The van der Waals surface area contributed by atoms with Gasteiger partial charge >= 0.3 is 11.9 Å². The SMILES string of the molecule is O=C(NCC1CC1)c1cccc(Cl)c1-n1cnc(Cn2nc(-c3ccc(Cl)cc3)n(CC(O)C(F)(F)F)c2=O)n1. The van der Waals surface area contributed by atoms with E-state index in [2.05, 4.69) is 20.5 Å². The van der Waals surface area contributed by atoms with Gasteiger partial charge in [0.1, 0.15) is 12.9 Å². The van der Waals surface area contributed by atoms with E-state index in [9.17, 15) is 27.9 Å². The topological polar surface area (TPSA) is 120 Å². The molecule has 0 radical (unpaired) electrons. The number of alkyl halides is 3. The highest BCUT2D eigenvalue weighted by molar-refractivity contribution is 6.33. The second kappa shape index (κ2) is 11.1. The number of hydrogen-bond acceptors (Lipinski definition) is 6. The summed E-state index contributed by atoms with van der Waals surface area (Å²) in [5.41, 5.74) is -0.0463. The minimum Gasteiger partial charge on any atom is -0.382 e. The molecule has 1 amide bonds. The predicted octanol–water partition coefficient (Wildman–Crippen LogP) is 3.71. The number of benzene rings is 2. The molecule has 0 aliphatic heterocycles. The molecule has 2 heterocycles. The first kappa shape index (κ1) is 27.9. The van der Waals surface area contributed by atoms with Crippen molar-refractivity contribution in [1.29, 1.82) is 0 Å². The van der Waals surface area contributed by atoms with E-state index in [1.165, 1.54) is 35.3 Å². The van der Waals surface area contributed by atoms with Crippen molar-refractivity contribution >= 4 is 29.1 Å². The summed E-state index contributed by atoms with van der Waals surface area (Å²) >= 11 is 12.3. The van der Waals surface area contributed by atoms with Crippen LogP contribution in [0.5, 0.6) is 0 Å². The van der Waals surface area contributed by atoms with E-state index in [1.54, 1.807) is 18.2 Å². The highest BCUT2D eigenvalue weighted by Gasteiger charge is 2.39. The Kier molecular flexibility index (Phi) is 7.71. The highest BCUT2D eigenvalue weighted by Crippen LogP contribution is 2.29. The molecule has 1 fully saturated rings. The molecule has 1 unspecified atom stereocenters. The Labute approximate surface area is 235 Å². The summed E-state index contributed by atoms with van der Waals surface area (Å²) < 4.78 is 42.2. The van der Waals surface area contributed by atoms with Crippen molar-refractivity contribution in [3.05, 3.63) is 80.7 Å². The molecule has 10 nitrogen and oxygen atoms in total. The van der Waals surface area contributed by atoms with Gasteiger partial charge in [0.2, 0.25) is 0 Å². The summed E-state index contributed by atoms with van der Waals surface area (Å²) in [6.45, 7) is -0.825. The maximum Gasteiger partial charge on any atom is 0.416 e. The largest absolute Gasteiger partial charge is 0.416 e. The van der Waals surface area contributed by atoms with Crippen LogP contribution in [0, 0.1) is 5.92 Å². The summed E-state index contributed by atoms with van der Waals surface area (Å²) in [5, 5.41) is 21.7. The fourth-order valence-corrected chi connectivity index (χ4v) is 4.38. The minimum absolute atomic E-state index is 0.0787. The van der Waals surface area contributed by atoms with Crippen molar-refractivity contribution in [1.82, 2.24) is 34.4 Å². The first-order valence-electron chi connectivity index (χ1n) is 12.2. The summed E-state index contributed by atoms with van der Waals surface area (Å²) in [5.74, 6) is 0.116. The summed E-state index contributed by atoms with van der Waals surface area (Å²) in [6.07, 6.45) is -4.30. The van der Waals surface area contributed by atoms with Crippen LogP contribution in [-0.4, -0.2) is 59.0 Å². The van der Waals surface area contributed by atoms with Gasteiger partial charge in [0, 0.05) is 17.1 Å². The van der Waals surface area contributed by atoms with Crippen molar-refractivity contribution in [2.45, 2.75) is 38.2 Å². The Hall–Kier alpha value is -3.68. The molecule has 210 valence electrons. The Morgan fingerprint density at radius 3 is 2.52 bits per heavy atom. The van der Waals surface area contributed by atoms with Gasteiger partial charge in [-0.3, -0.25) is 9.36 Å². The van der Waals surface area contributed by atoms with Gasteiger partial charge in [-0.05, 0) is 55.2 Å². The first-order chi connectivity index (χ1) is 19.0. The number of hydrogen-bond donors (Lipinski definition) is 2.